The highest BCUT2D eigenvalue weighted by Gasteiger charge is 2.24. The summed E-state index contributed by atoms with van der Waals surface area (Å²) in [5.41, 5.74) is -0.174. The van der Waals surface area contributed by atoms with Gasteiger partial charge < -0.3 is 18.9 Å². The van der Waals surface area contributed by atoms with E-state index in [4.69, 9.17) is 4.74 Å². The number of esters is 3. The molecule has 0 N–H and O–H groups in total. The Labute approximate surface area is 115 Å². The molecule has 0 aliphatic rings. The van der Waals surface area contributed by atoms with Gasteiger partial charge in [-0.05, 0) is 12.1 Å². The summed E-state index contributed by atoms with van der Waals surface area (Å²) in [6, 6.07) is 2.40. The second-order valence-electron chi connectivity index (χ2n) is 3.57. The van der Waals surface area contributed by atoms with Crippen LogP contribution in [0, 0.1) is 0 Å². The molecule has 0 heterocycles. The fourth-order valence-electron chi connectivity index (χ4n) is 1.58. The van der Waals surface area contributed by atoms with Crippen molar-refractivity contribution in [3.8, 4) is 5.75 Å². The molecule has 0 aliphatic heterocycles. The Morgan fingerprint density at radius 3 is 1.50 bits per heavy atom. The number of ether oxygens (including phenoxy) is 4. The molecule has 7 nitrogen and oxygen atoms in total. The predicted octanol–water partition coefficient (Wildman–Crippen LogP) is 1.05. The first-order valence-corrected chi connectivity index (χ1v) is 5.47. The first-order chi connectivity index (χ1) is 9.49. The van der Waals surface area contributed by atoms with Gasteiger partial charge in [-0.1, -0.05) is 0 Å². The van der Waals surface area contributed by atoms with Crippen LogP contribution in [0.3, 0.4) is 0 Å². The van der Waals surface area contributed by atoms with Gasteiger partial charge in [0.05, 0.1) is 39.6 Å². The molecule has 0 spiro atoms. The highest BCUT2D eigenvalue weighted by molar-refractivity contribution is 6.06. The third kappa shape index (κ3) is 2.87. The van der Waals surface area contributed by atoms with Crippen LogP contribution in [0.15, 0.2) is 12.1 Å². The highest BCUT2D eigenvalue weighted by atomic mass is 16.5. The normalized spacial score (nSPS) is 9.60. The lowest BCUT2D eigenvalue weighted by molar-refractivity contribution is 0.0551. The van der Waals surface area contributed by atoms with Crippen molar-refractivity contribution in [3.63, 3.8) is 0 Å². The van der Waals surface area contributed by atoms with Crippen LogP contribution < -0.4 is 4.74 Å². The maximum Gasteiger partial charge on any atom is 0.341 e. The van der Waals surface area contributed by atoms with E-state index in [2.05, 4.69) is 14.2 Å². The topological polar surface area (TPSA) is 88.1 Å². The van der Waals surface area contributed by atoms with E-state index in [1.165, 1.54) is 33.5 Å². The van der Waals surface area contributed by atoms with Crippen LogP contribution in [0.1, 0.15) is 31.1 Å². The third-order valence-corrected chi connectivity index (χ3v) is 2.56. The quantitative estimate of drug-likeness (QED) is 0.602. The Hall–Kier alpha value is -2.57. The van der Waals surface area contributed by atoms with E-state index in [-0.39, 0.29) is 22.4 Å². The van der Waals surface area contributed by atoms with Gasteiger partial charge in [-0.2, -0.15) is 0 Å². The number of carbonyl (C=O) groups excluding carboxylic acids is 3. The summed E-state index contributed by atoms with van der Waals surface area (Å²) >= 11 is 0. The van der Waals surface area contributed by atoms with E-state index in [9.17, 15) is 14.4 Å². The van der Waals surface area contributed by atoms with Crippen molar-refractivity contribution in [1.82, 2.24) is 0 Å². The SMILES string of the molecule is COC(=O)c1cc(C(=O)OC)c(C(=O)OC)cc1OC. The van der Waals surface area contributed by atoms with Gasteiger partial charge >= 0.3 is 17.9 Å². The largest absolute Gasteiger partial charge is 0.496 e. The number of benzene rings is 1. The summed E-state index contributed by atoms with van der Waals surface area (Å²) in [5.74, 6) is -2.15. The van der Waals surface area contributed by atoms with Crippen molar-refractivity contribution in [3.05, 3.63) is 28.8 Å². The molecule has 0 saturated heterocycles. The van der Waals surface area contributed by atoms with E-state index in [0.717, 1.165) is 7.11 Å². The number of hydrogen-bond donors (Lipinski definition) is 0. The zero-order valence-electron chi connectivity index (χ0n) is 11.5. The van der Waals surface area contributed by atoms with Gasteiger partial charge in [0.2, 0.25) is 0 Å². The van der Waals surface area contributed by atoms with Crippen LogP contribution in [0.4, 0.5) is 0 Å². The molecule has 0 saturated carbocycles. The van der Waals surface area contributed by atoms with Crippen molar-refractivity contribution < 1.29 is 33.3 Å². The first-order valence-electron chi connectivity index (χ1n) is 5.47. The number of rotatable bonds is 4. The van der Waals surface area contributed by atoms with E-state index < -0.39 is 17.9 Å². The van der Waals surface area contributed by atoms with Crippen LogP contribution in [0.2, 0.25) is 0 Å². The fourth-order valence-corrected chi connectivity index (χ4v) is 1.58. The minimum absolute atomic E-state index is 0.00283. The second-order valence-corrected chi connectivity index (χ2v) is 3.57. The molecule has 1 rings (SSSR count). The van der Waals surface area contributed by atoms with Gasteiger partial charge in [-0.25, -0.2) is 14.4 Å². The molecule has 0 bridgehead atoms. The Kier molecular flexibility index (Phi) is 5.08. The van der Waals surface area contributed by atoms with Crippen LogP contribution in [-0.4, -0.2) is 46.3 Å². The molecule has 0 aromatic heterocycles. The minimum atomic E-state index is -0.779. The van der Waals surface area contributed by atoms with Crippen molar-refractivity contribution in [2.45, 2.75) is 0 Å². The summed E-state index contributed by atoms with van der Waals surface area (Å²) in [6.45, 7) is 0. The Morgan fingerprint density at radius 1 is 0.700 bits per heavy atom. The molecule has 0 atom stereocenters. The van der Waals surface area contributed by atoms with Gasteiger partial charge in [0, 0.05) is 0 Å². The van der Waals surface area contributed by atoms with Gasteiger partial charge in [0.1, 0.15) is 11.3 Å². The van der Waals surface area contributed by atoms with E-state index in [1.807, 2.05) is 0 Å². The lowest BCUT2D eigenvalue weighted by atomic mass is 10.0. The molecule has 0 radical (unpaired) electrons. The Balaban J connectivity index is 3.56. The molecule has 1 aromatic carbocycles. The molecule has 1 aromatic rings. The first kappa shape index (κ1) is 15.5. The molecule has 7 heteroatoms. The molecular formula is C13H14O7. The zero-order chi connectivity index (χ0) is 15.3. The Morgan fingerprint density at radius 2 is 1.10 bits per heavy atom. The smallest absolute Gasteiger partial charge is 0.341 e. The summed E-state index contributed by atoms with van der Waals surface area (Å²) in [7, 11) is 4.84. The van der Waals surface area contributed by atoms with Crippen molar-refractivity contribution in [2.24, 2.45) is 0 Å². The standard InChI is InChI=1S/C13H14O7/c1-17-10-6-8(12(15)19-3)7(11(14)18-2)5-9(10)13(16)20-4/h5-6H,1-4H3. The lowest BCUT2D eigenvalue weighted by Gasteiger charge is -2.12. The second kappa shape index (κ2) is 6.55. The zero-order valence-corrected chi connectivity index (χ0v) is 11.5. The van der Waals surface area contributed by atoms with Gasteiger partial charge in [-0.3, -0.25) is 0 Å². The predicted molar refractivity (Wildman–Crippen MR) is 67.0 cm³/mol. The van der Waals surface area contributed by atoms with Gasteiger partial charge in [0.25, 0.3) is 0 Å². The summed E-state index contributed by atoms with van der Waals surface area (Å²) in [6.07, 6.45) is 0. The van der Waals surface area contributed by atoms with E-state index in [1.54, 1.807) is 0 Å². The maximum atomic E-state index is 11.7. The fraction of sp³-hybridized carbons (Fsp3) is 0.308. The monoisotopic (exact) mass is 282 g/mol. The number of carbonyl (C=O) groups is 3. The lowest BCUT2D eigenvalue weighted by Crippen LogP contribution is -2.15. The summed E-state index contributed by atoms with van der Waals surface area (Å²) in [4.78, 5) is 35.0. The van der Waals surface area contributed by atoms with Crippen LogP contribution in [0.5, 0.6) is 5.75 Å². The van der Waals surface area contributed by atoms with Crippen molar-refractivity contribution in [1.29, 1.82) is 0 Å². The molecule has 108 valence electrons. The highest BCUT2D eigenvalue weighted by Crippen LogP contribution is 2.25. The number of hydrogen-bond acceptors (Lipinski definition) is 7. The van der Waals surface area contributed by atoms with Crippen LogP contribution >= 0.6 is 0 Å². The van der Waals surface area contributed by atoms with Crippen molar-refractivity contribution >= 4 is 17.9 Å². The maximum absolute atomic E-state index is 11.7. The van der Waals surface area contributed by atoms with Gasteiger partial charge in [-0.15, -0.1) is 0 Å². The average Bonchev–Trinajstić information content (AvgIpc) is 2.50. The Bertz CT molecular complexity index is 548. The van der Waals surface area contributed by atoms with E-state index >= 15 is 0 Å². The van der Waals surface area contributed by atoms with Crippen molar-refractivity contribution in [2.75, 3.05) is 28.4 Å². The molecule has 0 amide bonds. The summed E-state index contributed by atoms with van der Waals surface area (Å²) in [5, 5.41) is 0. The third-order valence-electron chi connectivity index (χ3n) is 2.56. The molecular weight excluding hydrogens is 268 g/mol. The van der Waals surface area contributed by atoms with Crippen LogP contribution in [-0.2, 0) is 14.2 Å². The van der Waals surface area contributed by atoms with Crippen LogP contribution in [0.25, 0.3) is 0 Å². The molecule has 0 unspecified atom stereocenters. The van der Waals surface area contributed by atoms with E-state index in [0.29, 0.717) is 0 Å². The molecule has 20 heavy (non-hydrogen) atoms. The number of methoxy groups -OCH3 is 4. The average molecular weight is 282 g/mol. The minimum Gasteiger partial charge on any atom is -0.496 e. The van der Waals surface area contributed by atoms with Gasteiger partial charge in [0.15, 0.2) is 0 Å². The molecule has 0 fully saturated rings. The molecule has 0 aliphatic carbocycles. The summed E-state index contributed by atoms with van der Waals surface area (Å²) < 4.78 is 18.8.